The molecule has 1 amide bonds. The molecule has 7 nitrogen and oxygen atoms in total. The minimum Gasteiger partial charge on any atom is -0.378 e. The van der Waals surface area contributed by atoms with Gasteiger partial charge in [-0.15, -0.1) is 11.3 Å². The van der Waals surface area contributed by atoms with Crippen molar-refractivity contribution in [2.45, 2.75) is 20.3 Å². The van der Waals surface area contributed by atoms with E-state index in [1.807, 2.05) is 0 Å². The van der Waals surface area contributed by atoms with Crippen LogP contribution in [0.15, 0.2) is 0 Å². The molecule has 3 rings (SSSR count). The van der Waals surface area contributed by atoms with Gasteiger partial charge in [0.1, 0.15) is 5.00 Å². The number of hydrogen-bond acceptors (Lipinski definition) is 6. The maximum atomic E-state index is 12.6. The number of carbonyl (C=O) groups is 1. The van der Waals surface area contributed by atoms with E-state index in [4.69, 9.17) is 4.74 Å². The topological polar surface area (TPSA) is 87.7 Å². The van der Waals surface area contributed by atoms with E-state index in [1.54, 1.807) is 0 Å². The lowest BCUT2D eigenvalue weighted by molar-refractivity contribution is 0.0948. The zero-order valence-corrected chi connectivity index (χ0v) is 17.5. The molecule has 0 spiro atoms. The van der Waals surface area contributed by atoms with Crippen molar-refractivity contribution in [2.24, 2.45) is 5.41 Å². The monoisotopic (exact) mass is 411 g/mol. The Morgan fingerprint density at radius 3 is 2.70 bits per heavy atom. The normalized spacial score (nSPS) is 19.5. The van der Waals surface area contributed by atoms with Crippen molar-refractivity contribution in [2.75, 3.05) is 50.5 Å². The molecule has 0 radical (unpaired) electrons. The molecular weight excluding hydrogens is 386 g/mol. The summed E-state index contributed by atoms with van der Waals surface area (Å²) in [6.45, 7) is 7.69. The summed E-state index contributed by atoms with van der Waals surface area (Å²) in [4.78, 5) is 15.5. The Morgan fingerprint density at radius 1 is 1.33 bits per heavy atom. The van der Waals surface area contributed by atoms with Crippen LogP contribution < -0.4 is 14.9 Å². The summed E-state index contributed by atoms with van der Waals surface area (Å²) < 4.78 is 30.4. The SMILES string of the molecule is CC1(C)CNC(=O)c2sc(N3CCOCC3)c(C#CCNS(C)(=O)=O)c2C1. The second-order valence-corrected chi connectivity index (χ2v) is 10.4. The number of ether oxygens (including phenoxy) is 1. The van der Waals surface area contributed by atoms with Gasteiger partial charge in [-0.25, -0.2) is 13.1 Å². The van der Waals surface area contributed by atoms with Crippen molar-refractivity contribution >= 4 is 32.3 Å². The number of fused-ring (bicyclic) bond motifs is 1. The fourth-order valence-electron chi connectivity index (χ4n) is 3.16. The molecule has 0 aliphatic carbocycles. The highest BCUT2D eigenvalue weighted by Gasteiger charge is 2.33. The number of rotatable bonds is 3. The van der Waals surface area contributed by atoms with Crippen molar-refractivity contribution in [3.8, 4) is 11.8 Å². The Morgan fingerprint density at radius 2 is 2.04 bits per heavy atom. The van der Waals surface area contributed by atoms with Gasteiger partial charge in [0.2, 0.25) is 10.0 Å². The van der Waals surface area contributed by atoms with Crippen LogP contribution >= 0.6 is 11.3 Å². The molecule has 2 N–H and O–H groups in total. The maximum Gasteiger partial charge on any atom is 0.261 e. The molecule has 1 fully saturated rings. The molecule has 0 aromatic carbocycles. The number of sulfonamides is 1. The van der Waals surface area contributed by atoms with Gasteiger partial charge < -0.3 is 15.0 Å². The molecule has 1 saturated heterocycles. The average Bonchev–Trinajstić information content (AvgIpc) is 2.89. The first-order valence-corrected chi connectivity index (χ1v) is 11.6. The lowest BCUT2D eigenvalue weighted by atomic mass is 9.85. The first-order chi connectivity index (χ1) is 12.7. The van der Waals surface area contributed by atoms with E-state index in [9.17, 15) is 13.2 Å². The molecule has 0 bridgehead atoms. The van der Waals surface area contributed by atoms with Crippen LogP contribution in [0.2, 0.25) is 0 Å². The van der Waals surface area contributed by atoms with E-state index in [1.165, 1.54) is 11.3 Å². The van der Waals surface area contributed by atoms with Gasteiger partial charge in [0, 0.05) is 19.6 Å². The van der Waals surface area contributed by atoms with Gasteiger partial charge in [-0.2, -0.15) is 0 Å². The molecule has 0 unspecified atom stereocenters. The summed E-state index contributed by atoms with van der Waals surface area (Å²) in [6.07, 6.45) is 1.85. The molecule has 1 aromatic rings. The summed E-state index contributed by atoms with van der Waals surface area (Å²) in [5.74, 6) is 6.00. The minimum atomic E-state index is -3.29. The van der Waals surface area contributed by atoms with Crippen LogP contribution in [0.1, 0.15) is 34.6 Å². The van der Waals surface area contributed by atoms with Crippen molar-refractivity contribution in [1.82, 2.24) is 10.0 Å². The molecule has 1 aromatic heterocycles. The summed E-state index contributed by atoms with van der Waals surface area (Å²) >= 11 is 1.47. The molecule has 2 aliphatic rings. The van der Waals surface area contributed by atoms with E-state index >= 15 is 0 Å². The highest BCUT2D eigenvalue weighted by atomic mass is 32.2. The first-order valence-electron chi connectivity index (χ1n) is 8.86. The van der Waals surface area contributed by atoms with E-state index in [0.717, 1.165) is 41.9 Å². The minimum absolute atomic E-state index is 0.0432. The van der Waals surface area contributed by atoms with Gasteiger partial charge in [0.25, 0.3) is 5.91 Å². The fourth-order valence-corrected chi connectivity index (χ4v) is 4.74. The lowest BCUT2D eigenvalue weighted by Crippen LogP contribution is -2.36. The Hall–Kier alpha value is -1.60. The van der Waals surface area contributed by atoms with Crippen LogP contribution in [0.4, 0.5) is 5.00 Å². The second kappa shape index (κ2) is 7.80. The standard InChI is InChI=1S/C18H25N3O4S2/c1-18(2)11-14-13(5-4-6-20-27(3,23)24)17(21-7-9-25-10-8-21)26-15(14)16(22)19-12-18/h20H,6-12H2,1-3H3,(H,19,22). The maximum absolute atomic E-state index is 12.6. The highest BCUT2D eigenvalue weighted by Crippen LogP contribution is 2.40. The van der Waals surface area contributed by atoms with Crippen molar-refractivity contribution in [1.29, 1.82) is 0 Å². The average molecular weight is 412 g/mol. The summed E-state index contributed by atoms with van der Waals surface area (Å²) in [5.41, 5.74) is 1.73. The van der Waals surface area contributed by atoms with Gasteiger partial charge in [0.15, 0.2) is 0 Å². The Kier molecular flexibility index (Phi) is 5.82. The third kappa shape index (κ3) is 5.02. The number of carbonyl (C=O) groups excluding carboxylic acids is 1. The molecule has 0 atom stereocenters. The summed E-state index contributed by atoms with van der Waals surface area (Å²) in [5, 5.41) is 3.99. The van der Waals surface area contributed by atoms with Gasteiger partial charge in [0.05, 0.1) is 36.5 Å². The molecule has 3 heterocycles. The summed E-state index contributed by atoms with van der Waals surface area (Å²) in [6, 6.07) is 0. The van der Waals surface area contributed by atoms with E-state index in [2.05, 4.69) is 40.6 Å². The number of anilines is 1. The van der Waals surface area contributed by atoms with Crippen LogP contribution in [0, 0.1) is 17.3 Å². The third-order valence-corrected chi connectivity index (χ3v) is 6.47. The highest BCUT2D eigenvalue weighted by molar-refractivity contribution is 7.88. The van der Waals surface area contributed by atoms with Crippen molar-refractivity contribution in [3.05, 3.63) is 16.0 Å². The van der Waals surface area contributed by atoms with Gasteiger partial charge in [-0.05, 0) is 17.4 Å². The fraction of sp³-hybridized carbons (Fsp3) is 0.611. The number of nitrogens with zero attached hydrogens (tertiary/aromatic N) is 1. The van der Waals surface area contributed by atoms with E-state index in [0.29, 0.717) is 24.6 Å². The van der Waals surface area contributed by atoms with E-state index < -0.39 is 10.0 Å². The smallest absolute Gasteiger partial charge is 0.261 e. The lowest BCUT2D eigenvalue weighted by Gasteiger charge is -2.28. The zero-order chi connectivity index (χ0) is 19.7. The Balaban J connectivity index is 2.02. The molecule has 0 saturated carbocycles. The zero-order valence-electron chi connectivity index (χ0n) is 15.8. The quantitative estimate of drug-likeness (QED) is 0.719. The molecule has 148 valence electrons. The van der Waals surface area contributed by atoms with Crippen LogP contribution in [0.25, 0.3) is 0 Å². The predicted molar refractivity (Wildman–Crippen MR) is 107 cm³/mol. The van der Waals surface area contributed by atoms with E-state index in [-0.39, 0.29) is 17.9 Å². The van der Waals surface area contributed by atoms with Crippen molar-refractivity contribution < 1.29 is 17.9 Å². The molecule has 2 aliphatic heterocycles. The Labute approximate surface area is 164 Å². The van der Waals surface area contributed by atoms with Crippen molar-refractivity contribution in [3.63, 3.8) is 0 Å². The number of morpholine rings is 1. The molecule has 9 heteroatoms. The van der Waals surface area contributed by atoms with Gasteiger partial charge in [-0.1, -0.05) is 25.7 Å². The third-order valence-electron chi connectivity index (χ3n) is 4.51. The Bertz CT molecular complexity index is 888. The van der Waals surface area contributed by atoms with Crippen LogP contribution in [-0.4, -0.2) is 60.0 Å². The predicted octanol–water partition coefficient (Wildman–Crippen LogP) is 0.798. The van der Waals surface area contributed by atoms with Gasteiger partial charge in [-0.3, -0.25) is 4.79 Å². The molecular formula is C18H25N3O4S2. The second-order valence-electron chi connectivity index (χ2n) is 7.61. The number of amides is 1. The largest absolute Gasteiger partial charge is 0.378 e. The number of hydrogen-bond donors (Lipinski definition) is 2. The molecule has 27 heavy (non-hydrogen) atoms. The van der Waals surface area contributed by atoms with Crippen LogP contribution in [0.3, 0.4) is 0 Å². The first kappa shape index (κ1) is 20.1. The summed E-state index contributed by atoms with van der Waals surface area (Å²) in [7, 11) is -3.29. The van der Waals surface area contributed by atoms with Gasteiger partial charge >= 0.3 is 0 Å². The van der Waals surface area contributed by atoms with Crippen LogP contribution in [0.5, 0.6) is 0 Å². The number of thiophene rings is 1. The number of nitrogens with one attached hydrogen (secondary N) is 2. The van der Waals surface area contributed by atoms with Crippen LogP contribution in [-0.2, 0) is 21.2 Å².